The van der Waals surface area contributed by atoms with Gasteiger partial charge in [0.2, 0.25) is 0 Å². The van der Waals surface area contributed by atoms with Gasteiger partial charge in [-0.15, -0.1) is 0 Å². The first-order valence-electron chi connectivity index (χ1n) is 13.7. The molecule has 0 bridgehead atoms. The van der Waals surface area contributed by atoms with Crippen molar-refractivity contribution < 1.29 is 9.53 Å². The zero-order valence-electron chi connectivity index (χ0n) is 24.0. The predicted octanol–water partition coefficient (Wildman–Crippen LogP) is 6.49. The van der Waals surface area contributed by atoms with Gasteiger partial charge in [0.05, 0.1) is 42.5 Å². The Morgan fingerprint density at radius 3 is 2.44 bits per heavy atom. The Balaban J connectivity index is 1.52. The number of anilines is 2. The molecule has 2 aromatic heterocycles. The van der Waals surface area contributed by atoms with Crippen molar-refractivity contribution in [3.8, 4) is 17.3 Å². The van der Waals surface area contributed by atoms with Crippen molar-refractivity contribution in [1.82, 2.24) is 19.2 Å². The summed E-state index contributed by atoms with van der Waals surface area (Å²) in [7, 11) is 5.66. The van der Waals surface area contributed by atoms with Gasteiger partial charge in [0, 0.05) is 31.5 Å². The fourth-order valence-corrected chi connectivity index (χ4v) is 5.56. The molecule has 3 heterocycles. The molecule has 0 radical (unpaired) electrons. The first kappa shape index (κ1) is 26.3. The third-order valence-electron chi connectivity index (χ3n) is 7.67. The number of nitrogens with one attached hydrogen (secondary N) is 1. The molecule has 1 aliphatic rings. The van der Waals surface area contributed by atoms with Crippen LogP contribution in [0.15, 0.2) is 91.1 Å². The van der Waals surface area contributed by atoms with Crippen LogP contribution in [0.2, 0.25) is 0 Å². The summed E-state index contributed by atoms with van der Waals surface area (Å²) < 4.78 is 9.73. The number of aryl methyl sites for hydroxylation is 2. The van der Waals surface area contributed by atoms with E-state index in [0.717, 1.165) is 45.3 Å². The van der Waals surface area contributed by atoms with E-state index < -0.39 is 0 Å². The van der Waals surface area contributed by atoms with Gasteiger partial charge < -0.3 is 24.4 Å². The van der Waals surface area contributed by atoms with E-state index in [9.17, 15) is 4.79 Å². The maximum Gasteiger partial charge on any atom is 0.323 e. The third-order valence-corrected chi connectivity index (χ3v) is 7.67. The summed E-state index contributed by atoms with van der Waals surface area (Å²) >= 11 is 0. The van der Waals surface area contributed by atoms with Crippen LogP contribution in [0, 0.1) is 13.8 Å². The topological polar surface area (TPSA) is 67.6 Å². The molecule has 0 spiro atoms. The van der Waals surface area contributed by atoms with Crippen LogP contribution >= 0.6 is 0 Å². The van der Waals surface area contributed by atoms with Gasteiger partial charge in [-0.25, -0.2) is 9.48 Å². The van der Waals surface area contributed by atoms with Gasteiger partial charge in [-0.05, 0) is 73.5 Å². The summed E-state index contributed by atoms with van der Waals surface area (Å²) in [6.07, 6.45) is 2.06. The summed E-state index contributed by atoms with van der Waals surface area (Å²) in [6, 6.07) is 27.8. The minimum Gasteiger partial charge on any atom is -0.495 e. The molecular weight excluding hydrogens is 512 g/mol. The second-order valence-corrected chi connectivity index (χ2v) is 10.6. The standard InChI is InChI=1S/C33H34N6O2/c1-22-13-18-30(41-5)28(20-22)34-33(40)38-21-27-23(2)35-39(26-10-7-6-8-11-26)32(27)37-19-9-12-29(37)31(38)24-14-16-25(17-15-24)36(3)4/h6-20,31H,21H2,1-5H3,(H,34,40)/t31-/m0/s1. The molecule has 6 rings (SSSR count). The van der Waals surface area contributed by atoms with Crippen molar-refractivity contribution in [2.75, 3.05) is 31.4 Å². The molecular formula is C33H34N6O2. The number of amides is 2. The van der Waals surface area contributed by atoms with Crippen LogP contribution in [0.25, 0.3) is 11.5 Å². The Bertz CT molecular complexity index is 1700. The van der Waals surface area contributed by atoms with Gasteiger partial charge in [0.1, 0.15) is 11.6 Å². The van der Waals surface area contributed by atoms with E-state index in [2.05, 4.69) is 51.3 Å². The molecule has 0 fully saturated rings. The van der Waals surface area contributed by atoms with E-state index in [1.54, 1.807) is 7.11 Å². The molecule has 8 heteroatoms. The molecule has 0 saturated carbocycles. The van der Waals surface area contributed by atoms with Crippen LogP contribution in [0.1, 0.15) is 34.1 Å². The molecule has 1 aliphatic heterocycles. The van der Waals surface area contributed by atoms with E-state index in [1.807, 2.05) is 92.1 Å². The predicted molar refractivity (Wildman–Crippen MR) is 163 cm³/mol. The Labute approximate surface area is 240 Å². The molecule has 5 aromatic rings. The highest BCUT2D eigenvalue weighted by Gasteiger charge is 2.36. The number of methoxy groups -OCH3 is 1. The van der Waals surface area contributed by atoms with Crippen LogP contribution < -0.4 is 15.0 Å². The van der Waals surface area contributed by atoms with E-state index >= 15 is 0 Å². The summed E-state index contributed by atoms with van der Waals surface area (Å²) in [4.78, 5) is 18.3. The Morgan fingerprint density at radius 2 is 1.73 bits per heavy atom. The first-order valence-corrected chi connectivity index (χ1v) is 13.7. The highest BCUT2D eigenvalue weighted by molar-refractivity contribution is 5.92. The van der Waals surface area contributed by atoms with E-state index in [1.165, 1.54) is 0 Å². The largest absolute Gasteiger partial charge is 0.495 e. The molecule has 2 amide bonds. The first-order chi connectivity index (χ1) is 19.9. The lowest BCUT2D eigenvalue weighted by Gasteiger charge is -2.31. The van der Waals surface area contributed by atoms with Crippen molar-refractivity contribution in [2.24, 2.45) is 0 Å². The van der Waals surface area contributed by atoms with Crippen molar-refractivity contribution in [3.63, 3.8) is 0 Å². The Hall–Kier alpha value is -4.98. The second kappa shape index (κ2) is 10.5. The lowest BCUT2D eigenvalue weighted by molar-refractivity contribution is 0.194. The number of fused-ring (bicyclic) bond motifs is 3. The summed E-state index contributed by atoms with van der Waals surface area (Å²) in [5.74, 6) is 1.55. The molecule has 3 aromatic carbocycles. The van der Waals surface area contributed by atoms with Gasteiger partial charge >= 0.3 is 6.03 Å². The molecule has 1 N–H and O–H groups in total. The quantitative estimate of drug-likeness (QED) is 0.274. The van der Waals surface area contributed by atoms with E-state index in [4.69, 9.17) is 9.84 Å². The number of urea groups is 1. The number of carbonyl (C=O) groups excluding carboxylic acids is 1. The van der Waals surface area contributed by atoms with Gasteiger partial charge in [0.25, 0.3) is 0 Å². The number of hydrogen-bond acceptors (Lipinski definition) is 4. The van der Waals surface area contributed by atoms with Gasteiger partial charge in [0.15, 0.2) is 0 Å². The minimum atomic E-state index is -0.354. The maximum atomic E-state index is 14.3. The average Bonchev–Trinajstić information content (AvgIpc) is 3.54. The molecule has 0 saturated heterocycles. The highest BCUT2D eigenvalue weighted by atomic mass is 16.5. The van der Waals surface area contributed by atoms with Crippen LogP contribution in [0.4, 0.5) is 16.2 Å². The summed E-state index contributed by atoms with van der Waals surface area (Å²) in [6.45, 7) is 4.37. The molecule has 41 heavy (non-hydrogen) atoms. The molecule has 1 atom stereocenters. The second-order valence-electron chi connectivity index (χ2n) is 10.6. The number of carbonyl (C=O) groups is 1. The number of nitrogens with zero attached hydrogens (tertiary/aromatic N) is 5. The van der Waals surface area contributed by atoms with Crippen LogP contribution in [-0.4, -0.2) is 46.5 Å². The van der Waals surface area contributed by atoms with Gasteiger partial charge in [-0.2, -0.15) is 5.10 Å². The van der Waals surface area contributed by atoms with Crippen LogP contribution in [0.3, 0.4) is 0 Å². The van der Waals surface area contributed by atoms with Crippen molar-refractivity contribution >= 4 is 17.4 Å². The van der Waals surface area contributed by atoms with Crippen molar-refractivity contribution in [1.29, 1.82) is 0 Å². The molecule has 208 valence electrons. The van der Waals surface area contributed by atoms with E-state index in [-0.39, 0.29) is 12.1 Å². The zero-order valence-corrected chi connectivity index (χ0v) is 24.0. The summed E-state index contributed by atoms with van der Waals surface area (Å²) in [5, 5.41) is 8.10. The van der Waals surface area contributed by atoms with Crippen molar-refractivity contribution in [2.45, 2.75) is 26.4 Å². The fraction of sp³-hybridized carbons (Fsp3) is 0.212. The normalized spacial score (nSPS) is 14.2. The molecule has 0 unspecified atom stereocenters. The molecule has 0 aliphatic carbocycles. The Morgan fingerprint density at radius 1 is 0.976 bits per heavy atom. The summed E-state index contributed by atoms with van der Waals surface area (Å²) in [5.41, 5.74) is 7.58. The fourth-order valence-electron chi connectivity index (χ4n) is 5.56. The van der Waals surface area contributed by atoms with Crippen LogP contribution in [0.5, 0.6) is 5.75 Å². The van der Waals surface area contributed by atoms with Crippen molar-refractivity contribution in [3.05, 3.63) is 119 Å². The lowest BCUT2D eigenvalue weighted by Crippen LogP contribution is -2.38. The minimum absolute atomic E-state index is 0.219. The number of hydrogen-bond donors (Lipinski definition) is 1. The number of benzene rings is 3. The maximum absolute atomic E-state index is 14.3. The smallest absolute Gasteiger partial charge is 0.323 e. The van der Waals surface area contributed by atoms with E-state index in [0.29, 0.717) is 18.0 Å². The van der Waals surface area contributed by atoms with Gasteiger partial charge in [-0.3, -0.25) is 0 Å². The van der Waals surface area contributed by atoms with Crippen LogP contribution in [-0.2, 0) is 6.54 Å². The number of ether oxygens (including phenoxy) is 1. The van der Waals surface area contributed by atoms with Gasteiger partial charge in [-0.1, -0.05) is 36.4 Å². The third kappa shape index (κ3) is 4.71. The SMILES string of the molecule is COc1ccc(C)cc1NC(=O)N1Cc2c(C)nn(-c3ccccc3)c2-n2cccc2[C@@H]1c1ccc(N(C)C)cc1. The number of para-hydroxylation sites is 1. The average molecular weight is 547 g/mol. The number of aromatic nitrogens is 3. The molecule has 8 nitrogen and oxygen atoms in total. The lowest BCUT2D eigenvalue weighted by atomic mass is 10.0. The Kier molecular flexibility index (Phi) is 6.75. The zero-order chi connectivity index (χ0) is 28.7. The monoisotopic (exact) mass is 546 g/mol. The highest BCUT2D eigenvalue weighted by Crippen LogP contribution is 2.39. The number of rotatable bonds is 5.